The number of hydrogen-bond donors (Lipinski definition) is 0. The summed E-state index contributed by atoms with van der Waals surface area (Å²) in [6, 6.07) is 31.9. The Morgan fingerprint density at radius 1 is 0.733 bits per heavy atom. The Bertz CT molecular complexity index is 1200. The number of hydrogen-bond acceptors (Lipinski definition) is 2. The van der Waals surface area contributed by atoms with Crippen LogP contribution in [0.1, 0.15) is 22.4 Å². The lowest BCUT2D eigenvalue weighted by Crippen LogP contribution is -2.37. The van der Waals surface area contributed by atoms with E-state index in [-0.39, 0.29) is 0 Å². The fraction of sp³-hybridized carbons (Fsp3) is 0.0769. The minimum absolute atomic E-state index is 0.574. The standard InChI is InChI=1S/C26H20IN3/c1-19-17-28-25-24(29-19)23(27)18-30(25)26(20-11-5-2-6-12-20,21-13-7-3-8-14-21)22-15-9-4-10-16-22/h2-18H,1H3. The van der Waals surface area contributed by atoms with Crippen molar-refractivity contribution in [3.8, 4) is 0 Å². The van der Waals surface area contributed by atoms with Gasteiger partial charge in [0, 0.05) is 6.20 Å². The minimum Gasteiger partial charge on any atom is -0.312 e. The van der Waals surface area contributed by atoms with Crippen LogP contribution in [0.5, 0.6) is 0 Å². The lowest BCUT2D eigenvalue weighted by Gasteiger charge is -2.38. The van der Waals surface area contributed by atoms with Crippen LogP contribution < -0.4 is 0 Å². The number of benzene rings is 3. The van der Waals surface area contributed by atoms with E-state index in [4.69, 9.17) is 9.97 Å². The summed E-state index contributed by atoms with van der Waals surface area (Å²) in [6.07, 6.45) is 4.03. The largest absolute Gasteiger partial charge is 0.312 e. The van der Waals surface area contributed by atoms with Gasteiger partial charge in [-0.1, -0.05) is 91.0 Å². The van der Waals surface area contributed by atoms with Crippen LogP contribution in [-0.2, 0) is 5.54 Å². The molecule has 0 atom stereocenters. The predicted molar refractivity (Wildman–Crippen MR) is 130 cm³/mol. The summed E-state index contributed by atoms with van der Waals surface area (Å²) < 4.78 is 3.38. The fourth-order valence-electron chi connectivity index (χ4n) is 4.25. The average molecular weight is 501 g/mol. The molecule has 2 heterocycles. The SMILES string of the molecule is Cc1cnc2c(n1)c(I)cn2C(c1ccccc1)(c1ccccc1)c1ccccc1. The highest BCUT2D eigenvalue weighted by Gasteiger charge is 2.39. The van der Waals surface area contributed by atoms with Gasteiger partial charge in [0.25, 0.3) is 0 Å². The van der Waals surface area contributed by atoms with E-state index in [1.54, 1.807) is 0 Å². The molecule has 0 aliphatic rings. The summed E-state index contributed by atoms with van der Waals surface area (Å²) >= 11 is 2.37. The van der Waals surface area contributed by atoms with E-state index >= 15 is 0 Å². The Kier molecular flexibility index (Phi) is 4.87. The highest BCUT2D eigenvalue weighted by Crippen LogP contribution is 2.43. The second-order valence-electron chi connectivity index (χ2n) is 7.34. The molecule has 3 aromatic carbocycles. The van der Waals surface area contributed by atoms with Gasteiger partial charge in [0.05, 0.1) is 15.5 Å². The molecule has 5 rings (SSSR count). The van der Waals surface area contributed by atoms with Crippen LogP contribution in [-0.4, -0.2) is 14.5 Å². The van der Waals surface area contributed by atoms with Crippen LogP contribution in [0.25, 0.3) is 11.2 Å². The minimum atomic E-state index is -0.574. The van der Waals surface area contributed by atoms with Crippen molar-refractivity contribution >= 4 is 33.8 Å². The zero-order valence-corrected chi connectivity index (χ0v) is 18.7. The maximum atomic E-state index is 4.84. The third-order valence-electron chi connectivity index (χ3n) is 5.51. The molecular weight excluding hydrogens is 481 g/mol. The Morgan fingerprint density at radius 3 is 1.67 bits per heavy atom. The summed E-state index contributed by atoms with van der Waals surface area (Å²) in [7, 11) is 0. The van der Waals surface area contributed by atoms with Crippen LogP contribution in [0.15, 0.2) is 103 Å². The fourth-order valence-corrected chi connectivity index (χ4v) is 4.89. The Morgan fingerprint density at radius 2 is 1.20 bits per heavy atom. The maximum absolute atomic E-state index is 4.84. The van der Waals surface area contributed by atoms with E-state index < -0.39 is 5.54 Å². The van der Waals surface area contributed by atoms with Crippen molar-refractivity contribution in [2.45, 2.75) is 12.5 Å². The normalized spacial score (nSPS) is 11.7. The molecule has 0 aliphatic carbocycles. The number of nitrogens with zero attached hydrogens (tertiary/aromatic N) is 3. The summed E-state index contributed by atoms with van der Waals surface area (Å²) in [5.74, 6) is 0. The summed E-state index contributed by atoms with van der Waals surface area (Å²) in [5.41, 5.74) is 5.69. The Labute approximate surface area is 189 Å². The van der Waals surface area contributed by atoms with E-state index in [0.717, 1.165) is 20.4 Å². The monoisotopic (exact) mass is 501 g/mol. The molecular formula is C26H20IN3. The van der Waals surface area contributed by atoms with Gasteiger partial charge in [-0.3, -0.25) is 0 Å². The molecule has 146 valence electrons. The predicted octanol–water partition coefficient (Wildman–Crippen LogP) is 6.18. The lowest BCUT2D eigenvalue weighted by molar-refractivity contribution is 0.529. The summed E-state index contributed by atoms with van der Waals surface area (Å²) in [6.45, 7) is 1.98. The zero-order valence-electron chi connectivity index (χ0n) is 16.5. The molecule has 0 bridgehead atoms. The Hall–Kier alpha value is -2.99. The van der Waals surface area contributed by atoms with Gasteiger partial charge in [-0.2, -0.15) is 0 Å². The van der Waals surface area contributed by atoms with Crippen molar-refractivity contribution in [3.05, 3.63) is 129 Å². The van der Waals surface area contributed by atoms with Gasteiger partial charge in [-0.05, 0) is 46.2 Å². The lowest BCUT2D eigenvalue weighted by atomic mass is 9.76. The van der Waals surface area contributed by atoms with E-state index in [2.05, 4.69) is 124 Å². The van der Waals surface area contributed by atoms with Gasteiger partial charge in [-0.25, -0.2) is 9.97 Å². The van der Waals surface area contributed by atoms with Crippen molar-refractivity contribution in [2.75, 3.05) is 0 Å². The first-order valence-corrected chi connectivity index (χ1v) is 11.0. The van der Waals surface area contributed by atoms with Gasteiger partial charge >= 0.3 is 0 Å². The van der Waals surface area contributed by atoms with Crippen LogP contribution in [0.4, 0.5) is 0 Å². The van der Waals surface area contributed by atoms with Gasteiger partial charge in [0.15, 0.2) is 5.65 Å². The zero-order chi connectivity index (χ0) is 20.6. The van der Waals surface area contributed by atoms with E-state index in [1.165, 1.54) is 16.7 Å². The molecule has 0 spiro atoms. The molecule has 0 fully saturated rings. The smallest absolute Gasteiger partial charge is 0.161 e. The van der Waals surface area contributed by atoms with Gasteiger partial charge in [0.1, 0.15) is 11.1 Å². The first-order valence-electron chi connectivity index (χ1n) is 9.88. The Balaban J connectivity index is 1.98. The molecule has 5 aromatic rings. The molecule has 0 amide bonds. The quantitative estimate of drug-likeness (QED) is 0.217. The molecule has 3 nitrogen and oxygen atoms in total. The van der Waals surface area contributed by atoms with E-state index in [9.17, 15) is 0 Å². The van der Waals surface area contributed by atoms with Crippen molar-refractivity contribution in [1.82, 2.24) is 14.5 Å². The highest BCUT2D eigenvalue weighted by atomic mass is 127. The van der Waals surface area contributed by atoms with Crippen LogP contribution >= 0.6 is 22.6 Å². The van der Waals surface area contributed by atoms with Crippen molar-refractivity contribution in [2.24, 2.45) is 0 Å². The van der Waals surface area contributed by atoms with Crippen LogP contribution in [0.2, 0.25) is 0 Å². The first-order chi connectivity index (χ1) is 14.7. The van der Waals surface area contributed by atoms with Crippen LogP contribution in [0, 0.1) is 10.5 Å². The van der Waals surface area contributed by atoms with Crippen molar-refractivity contribution < 1.29 is 0 Å². The number of aromatic nitrogens is 3. The molecule has 0 unspecified atom stereocenters. The van der Waals surface area contributed by atoms with Crippen molar-refractivity contribution in [1.29, 1.82) is 0 Å². The molecule has 2 aromatic heterocycles. The first kappa shape index (κ1) is 19.0. The van der Waals surface area contributed by atoms with Crippen LogP contribution in [0.3, 0.4) is 0 Å². The molecule has 0 N–H and O–H groups in total. The number of aryl methyl sites for hydroxylation is 1. The molecule has 4 heteroatoms. The second-order valence-corrected chi connectivity index (χ2v) is 8.50. The number of fused-ring (bicyclic) bond motifs is 1. The van der Waals surface area contributed by atoms with E-state index in [0.29, 0.717) is 0 Å². The topological polar surface area (TPSA) is 30.7 Å². The van der Waals surface area contributed by atoms with Gasteiger partial charge in [0.2, 0.25) is 0 Å². The average Bonchev–Trinajstić information content (AvgIpc) is 3.12. The number of rotatable bonds is 4. The highest BCUT2D eigenvalue weighted by molar-refractivity contribution is 14.1. The number of halogens is 1. The third kappa shape index (κ3) is 2.94. The molecule has 0 saturated carbocycles. The summed E-state index contributed by atoms with van der Waals surface area (Å²) in [5, 5.41) is 0. The van der Waals surface area contributed by atoms with E-state index in [1.807, 2.05) is 13.1 Å². The maximum Gasteiger partial charge on any atom is 0.161 e. The third-order valence-corrected chi connectivity index (χ3v) is 6.30. The molecule has 0 aliphatic heterocycles. The molecule has 0 saturated heterocycles. The summed E-state index contributed by atoms with van der Waals surface area (Å²) in [4.78, 5) is 9.64. The van der Waals surface area contributed by atoms with Gasteiger partial charge in [-0.15, -0.1) is 0 Å². The van der Waals surface area contributed by atoms with Crippen molar-refractivity contribution in [3.63, 3.8) is 0 Å². The van der Waals surface area contributed by atoms with Gasteiger partial charge < -0.3 is 4.57 Å². The second kappa shape index (κ2) is 7.69. The molecule has 0 radical (unpaired) electrons. The molecule has 30 heavy (non-hydrogen) atoms.